The van der Waals surface area contributed by atoms with Crippen molar-refractivity contribution in [1.82, 2.24) is 9.55 Å². The topological polar surface area (TPSA) is 44.1 Å². The molecule has 17 heavy (non-hydrogen) atoms. The molecule has 0 atom stereocenters. The van der Waals surface area contributed by atoms with Crippen molar-refractivity contribution in [3.05, 3.63) is 46.5 Å². The predicted molar refractivity (Wildman–Crippen MR) is 67.4 cm³/mol. The Morgan fingerprint density at radius 1 is 1.53 bits per heavy atom. The lowest BCUT2D eigenvalue weighted by Crippen LogP contribution is -2.04. The Balaban J connectivity index is 2.32. The smallest absolute Gasteiger partial charge is 0.185 e. The molecule has 88 valence electrons. The molecule has 4 nitrogen and oxygen atoms in total. The predicted octanol–water partition coefficient (Wildman–Crippen LogP) is 2.52. The zero-order chi connectivity index (χ0) is 12.3. The lowest BCUT2D eigenvalue weighted by molar-refractivity contribution is 0.111. The first-order valence-electron chi connectivity index (χ1n) is 5.03. The second kappa shape index (κ2) is 5.14. The first-order valence-corrected chi connectivity index (χ1v) is 5.82. The van der Waals surface area contributed by atoms with Crippen molar-refractivity contribution in [2.75, 3.05) is 7.11 Å². The summed E-state index contributed by atoms with van der Waals surface area (Å²) < 4.78 is 7.93. The number of carbonyl (C=O) groups is 1. The second-order valence-electron chi connectivity index (χ2n) is 3.49. The van der Waals surface area contributed by atoms with Crippen LogP contribution in [0.2, 0.25) is 0 Å². The zero-order valence-corrected chi connectivity index (χ0v) is 10.8. The molecular formula is C12H11BrN2O2. The molecule has 0 aliphatic carbocycles. The Hall–Kier alpha value is -1.62. The number of ether oxygens (including phenoxy) is 1. The summed E-state index contributed by atoms with van der Waals surface area (Å²) in [5.41, 5.74) is 1.03. The molecule has 0 N–H and O–H groups in total. The molecular weight excluding hydrogens is 284 g/mol. The van der Waals surface area contributed by atoms with E-state index in [2.05, 4.69) is 20.9 Å². The first-order chi connectivity index (χ1) is 8.24. The summed E-state index contributed by atoms with van der Waals surface area (Å²) in [5.74, 6) is 1.20. The quantitative estimate of drug-likeness (QED) is 0.814. The van der Waals surface area contributed by atoms with E-state index in [1.54, 1.807) is 24.1 Å². The van der Waals surface area contributed by atoms with Crippen LogP contribution in [0.15, 0.2) is 35.1 Å². The summed E-state index contributed by atoms with van der Waals surface area (Å²) >= 11 is 3.47. The van der Waals surface area contributed by atoms with E-state index in [0.29, 0.717) is 12.4 Å². The van der Waals surface area contributed by atoms with Gasteiger partial charge in [-0.25, -0.2) is 4.98 Å². The van der Waals surface area contributed by atoms with Gasteiger partial charge in [-0.3, -0.25) is 4.79 Å². The van der Waals surface area contributed by atoms with Crippen LogP contribution in [0.5, 0.6) is 5.75 Å². The Labute approximate surface area is 107 Å². The number of carbonyl (C=O) groups excluding carboxylic acids is 1. The van der Waals surface area contributed by atoms with Crippen molar-refractivity contribution in [2.24, 2.45) is 0 Å². The Bertz CT molecular complexity index is 537. The minimum absolute atomic E-state index is 0.416. The van der Waals surface area contributed by atoms with Crippen LogP contribution < -0.4 is 4.74 Å². The molecule has 0 aliphatic rings. The van der Waals surface area contributed by atoms with Gasteiger partial charge in [0.25, 0.3) is 0 Å². The summed E-state index contributed by atoms with van der Waals surface area (Å²) in [7, 11) is 1.63. The van der Waals surface area contributed by atoms with Crippen molar-refractivity contribution >= 4 is 22.2 Å². The van der Waals surface area contributed by atoms with Crippen LogP contribution in [0.25, 0.3) is 0 Å². The molecule has 2 aromatic rings. The normalized spacial score (nSPS) is 10.2. The van der Waals surface area contributed by atoms with Crippen LogP contribution in [0.4, 0.5) is 0 Å². The molecule has 0 spiro atoms. The monoisotopic (exact) mass is 294 g/mol. The molecule has 5 heteroatoms. The standard InChI is InChI=1S/C12H11BrN2O2/c1-17-10-2-3-11(13)9(6-10)7-15-5-4-14-12(15)8-16/h2-6,8H,7H2,1H3. The number of rotatable bonds is 4. The molecule has 1 aromatic heterocycles. The summed E-state index contributed by atoms with van der Waals surface area (Å²) in [4.78, 5) is 14.7. The number of benzene rings is 1. The van der Waals surface area contributed by atoms with Crippen molar-refractivity contribution in [2.45, 2.75) is 6.54 Å². The summed E-state index contributed by atoms with van der Waals surface area (Å²) in [6.07, 6.45) is 4.13. The maximum absolute atomic E-state index is 10.8. The number of hydrogen-bond acceptors (Lipinski definition) is 3. The van der Waals surface area contributed by atoms with Crippen molar-refractivity contribution in [3.8, 4) is 5.75 Å². The molecule has 0 saturated carbocycles. The Kier molecular flexibility index (Phi) is 3.58. The van der Waals surface area contributed by atoms with E-state index in [0.717, 1.165) is 22.1 Å². The maximum Gasteiger partial charge on any atom is 0.185 e. The van der Waals surface area contributed by atoms with Crippen LogP contribution in [0.3, 0.4) is 0 Å². The first kappa shape index (κ1) is 11.9. The molecule has 0 fully saturated rings. The molecule has 1 aromatic carbocycles. The van der Waals surface area contributed by atoms with Crippen LogP contribution in [0.1, 0.15) is 16.2 Å². The van der Waals surface area contributed by atoms with E-state index in [1.165, 1.54) is 0 Å². The second-order valence-corrected chi connectivity index (χ2v) is 4.34. The molecule has 0 aliphatic heterocycles. The van der Waals surface area contributed by atoms with Gasteiger partial charge in [0.1, 0.15) is 5.75 Å². The number of nitrogens with zero attached hydrogens (tertiary/aromatic N) is 2. The van der Waals surface area contributed by atoms with E-state index in [4.69, 9.17) is 4.74 Å². The molecule has 0 radical (unpaired) electrons. The SMILES string of the molecule is COc1ccc(Br)c(Cn2ccnc2C=O)c1. The van der Waals surface area contributed by atoms with Gasteiger partial charge in [-0.05, 0) is 23.8 Å². The third kappa shape index (κ3) is 2.55. The highest BCUT2D eigenvalue weighted by atomic mass is 79.9. The van der Waals surface area contributed by atoms with Gasteiger partial charge in [-0.1, -0.05) is 15.9 Å². The van der Waals surface area contributed by atoms with Gasteiger partial charge in [-0.15, -0.1) is 0 Å². The molecule has 1 heterocycles. The largest absolute Gasteiger partial charge is 0.497 e. The van der Waals surface area contributed by atoms with Crippen molar-refractivity contribution in [1.29, 1.82) is 0 Å². The van der Waals surface area contributed by atoms with Gasteiger partial charge in [0, 0.05) is 16.9 Å². The third-order valence-corrected chi connectivity index (χ3v) is 3.22. The lowest BCUT2D eigenvalue weighted by atomic mass is 10.2. The molecule has 0 bridgehead atoms. The van der Waals surface area contributed by atoms with Crippen molar-refractivity contribution < 1.29 is 9.53 Å². The van der Waals surface area contributed by atoms with Crippen molar-refractivity contribution in [3.63, 3.8) is 0 Å². The fraction of sp³-hybridized carbons (Fsp3) is 0.167. The highest BCUT2D eigenvalue weighted by Crippen LogP contribution is 2.23. The summed E-state index contributed by atoms with van der Waals surface area (Å²) in [6, 6.07) is 5.73. The van der Waals surface area contributed by atoms with Crippen LogP contribution in [-0.4, -0.2) is 22.9 Å². The maximum atomic E-state index is 10.8. The van der Waals surface area contributed by atoms with Gasteiger partial charge in [0.2, 0.25) is 0 Å². The molecule has 0 amide bonds. The summed E-state index contributed by atoms with van der Waals surface area (Å²) in [6.45, 7) is 0.575. The van der Waals surface area contributed by atoms with Gasteiger partial charge in [0.15, 0.2) is 12.1 Å². The number of imidazole rings is 1. The Morgan fingerprint density at radius 3 is 3.06 bits per heavy atom. The fourth-order valence-electron chi connectivity index (χ4n) is 1.56. The lowest BCUT2D eigenvalue weighted by Gasteiger charge is -2.09. The van der Waals surface area contributed by atoms with Gasteiger partial charge >= 0.3 is 0 Å². The third-order valence-electron chi connectivity index (χ3n) is 2.45. The minimum Gasteiger partial charge on any atom is -0.497 e. The molecule has 0 unspecified atom stereocenters. The van der Waals surface area contributed by atoms with Gasteiger partial charge < -0.3 is 9.30 Å². The number of aldehydes is 1. The van der Waals surface area contributed by atoms with E-state index in [-0.39, 0.29) is 0 Å². The number of methoxy groups -OCH3 is 1. The average Bonchev–Trinajstić information content (AvgIpc) is 2.79. The van der Waals surface area contributed by atoms with Crippen LogP contribution in [-0.2, 0) is 6.54 Å². The number of hydrogen-bond donors (Lipinski definition) is 0. The van der Waals surface area contributed by atoms with Crippen LogP contribution in [0, 0.1) is 0 Å². The van der Waals surface area contributed by atoms with Gasteiger partial charge in [-0.2, -0.15) is 0 Å². The van der Waals surface area contributed by atoms with E-state index in [1.807, 2.05) is 18.2 Å². The number of halogens is 1. The van der Waals surface area contributed by atoms with E-state index in [9.17, 15) is 4.79 Å². The molecule has 2 rings (SSSR count). The average molecular weight is 295 g/mol. The highest BCUT2D eigenvalue weighted by molar-refractivity contribution is 9.10. The highest BCUT2D eigenvalue weighted by Gasteiger charge is 2.06. The van der Waals surface area contributed by atoms with Crippen LogP contribution >= 0.6 is 15.9 Å². The zero-order valence-electron chi connectivity index (χ0n) is 9.26. The Morgan fingerprint density at radius 2 is 2.35 bits per heavy atom. The fourth-order valence-corrected chi connectivity index (χ4v) is 1.93. The summed E-state index contributed by atoms with van der Waals surface area (Å²) in [5, 5.41) is 0. The number of aromatic nitrogens is 2. The molecule has 0 saturated heterocycles. The van der Waals surface area contributed by atoms with Gasteiger partial charge in [0.05, 0.1) is 13.7 Å². The minimum atomic E-state index is 0.416. The van der Waals surface area contributed by atoms with E-state index < -0.39 is 0 Å². The van der Waals surface area contributed by atoms with E-state index >= 15 is 0 Å².